The van der Waals surface area contributed by atoms with Gasteiger partial charge in [0.05, 0.1) is 12.7 Å². The zero-order valence-corrected chi connectivity index (χ0v) is 17.4. The van der Waals surface area contributed by atoms with Crippen LogP contribution in [0.4, 0.5) is 0 Å². The summed E-state index contributed by atoms with van der Waals surface area (Å²) < 4.78 is 10.6. The molecule has 1 saturated carbocycles. The molecule has 0 aromatic rings. The summed E-state index contributed by atoms with van der Waals surface area (Å²) in [5.74, 6) is 0.00545. The molecule has 0 bridgehead atoms. The summed E-state index contributed by atoms with van der Waals surface area (Å²) in [5.41, 5.74) is 1.90. The van der Waals surface area contributed by atoms with Crippen molar-refractivity contribution in [3.8, 4) is 0 Å². The molecule has 0 radical (unpaired) electrons. The number of hydrogen-bond donors (Lipinski definition) is 0. The summed E-state index contributed by atoms with van der Waals surface area (Å²) in [6.07, 6.45) is 7.94. The minimum Gasteiger partial charge on any atom is -0.465 e. The first-order valence-electron chi connectivity index (χ1n) is 8.99. The smallest absolute Gasteiger partial charge is 0.316 e. The first kappa shape index (κ1) is 22.8. The SMILES string of the molecule is CO[C@@H]1CCC[C@@H](/C(C)=C/C=O)[C@@H]1CC(=O)/C=C(\C)CCOC(=O)CBr. The van der Waals surface area contributed by atoms with Crippen LogP contribution in [-0.4, -0.2) is 43.2 Å². The summed E-state index contributed by atoms with van der Waals surface area (Å²) in [7, 11) is 1.68. The maximum absolute atomic E-state index is 12.5. The molecule has 1 aliphatic carbocycles. The molecule has 0 heterocycles. The van der Waals surface area contributed by atoms with Crippen LogP contribution >= 0.6 is 15.9 Å². The monoisotopic (exact) mass is 428 g/mol. The summed E-state index contributed by atoms with van der Waals surface area (Å²) >= 11 is 3.04. The lowest BCUT2D eigenvalue weighted by molar-refractivity contribution is -0.140. The number of halogens is 1. The van der Waals surface area contributed by atoms with Gasteiger partial charge in [0.1, 0.15) is 11.6 Å². The van der Waals surface area contributed by atoms with E-state index < -0.39 is 0 Å². The highest BCUT2D eigenvalue weighted by atomic mass is 79.9. The molecule has 3 atom stereocenters. The third-order valence-corrected chi connectivity index (χ3v) is 5.39. The second kappa shape index (κ2) is 12.2. The average Bonchev–Trinajstić information content (AvgIpc) is 2.61. The lowest BCUT2D eigenvalue weighted by atomic mass is 9.71. The van der Waals surface area contributed by atoms with E-state index in [0.717, 1.165) is 36.7 Å². The average molecular weight is 429 g/mol. The van der Waals surface area contributed by atoms with Gasteiger partial charge in [0.25, 0.3) is 0 Å². The third-order valence-electron chi connectivity index (χ3n) is 4.93. The Bertz CT molecular complexity index is 552. The van der Waals surface area contributed by atoms with Crippen LogP contribution in [0, 0.1) is 11.8 Å². The normalized spacial score (nSPS) is 24.2. The van der Waals surface area contributed by atoms with Crippen LogP contribution in [0.25, 0.3) is 0 Å². The number of carbonyl (C=O) groups is 3. The van der Waals surface area contributed by atoms with Crippen molar-refractivity contribution in [1.82, 2.24) is 0 Å². The van der Waals surface area contributed by atoms with Gasteiger partial charge in [0.15, 0.2) is 5.78 Å². The van der Waals surface area contributed by atoms with E-state index in [2.05, 4.69) is 15.9 Å². The molecule has 0 saturated heterocycles. The van der Waals surface area contributed by atoms with Gasteiger partial charge in [-0.25, -0.2) is 0 Å². The van der Waals surface area contributed by atoms with Crippen LogP contribution in [0.15, 0.2) is 23.3 Å². The van der Waals surface area contributed by atoms with E-state index in [1.807, 2.05) is 13.8 Å². The number of aldehydes is 1. The maximum Gasteiger partial charge on any atom is 0.316 e. The Kier molecular flexibility index (Phi) is 10.7. The Morgan fingerprint density at radius 1 is 1.23 bits per heavy atom. The summed E-state index contributed by atoms with van der Waals surface area (Å²) in [6, 6.07) is 0. The fourth-order valence-electron chi connectivity index (χ4n) is 3.59. The molecule has 0 aromatic heterocycles. The number of methoxy groups -OCH3 is 1. The lowest BCUT2D eigenvalue weighted by Gasteiger charge is -2.37. The summed E-state index contributed by atoms with van der Waals surface area (Å²) in [6.45, 7) is 4.09. The molecule has 0 spiro atoms. The predicted octanol–water partition coefficient (Wildman–Crippen LogP) is 3.80. The minimum absolute atomic E-state index is 0.0290. The van der Waals surface area contributed by atoms with Crippen molar-refractivity contribution >= 4 is 34.0 Å². The van der Waals surface area contributed by atoms with Crippen molar-refractivity contribution < 1.29 is 23.9 Å². The van der Waals surface area contributed by atoms with E-state index in [0.29, 0.717) is 12.8 Å². The lowest BCUT2D eigenvalue weighted by Crippen LogP contribution is -2.36. The van der Waals surface area contributed by atoms with Gasteiger partial charge < -0.3 is 9.47 Å². The summed E-state index contributed by atoms with van der Waals surface area (Å²) in [5, 5.41) is 0.170. The maximum atomic E-state index is 12.5. The molecule has 1 rings (SSSR count). The van der Waals surface area contributed by atoms with E-state index >= 15 is 0 Å². The number of ketones is 1. The van der Waals surface area contributed by atoms with E-state index in [-0.39, 0.29) is 41.6 Å². The van der Waals surface area contributed by atoms with Crippen LogP contribution in [0.2, 0.25) is 0 Å². The summed E-state index contributed by atoms with van der Waals surface area (Å²) in [4.78, 5) is 34.5. The Hall–Kier alpha value is -1.27. The van der Waals surface area contributed by atoms with Gasteiger partial charge in [-0.2, -0.15) is 0 Å². The molecule has 0 unspecified atom stereocenters. The first-order chi connectivity index (χ1) is 12.4. The Morgan fingerprint density at radius 3 is 2.58 bits per heavy atom. The number of alkyl halides is 1. The van der Waals surface area contributed by atoms with Crippen molar-refractivity contribution in [3.05, 3.63) is 23.3 Å². The minimum atomic E-state index is -0.311. The van der Waals surface area contributed by atoms with Crippen LogP contribution in [0.3, 0.4) is 0 Å². The molecule has 5 nitrogen and oxygen atoms in total. The number of esters is 1. The number of rotatable bonds is 10. The number of hydrogen-bond acceptors (Lipinski definition) is 5. The number of ether oxygens (including phenoxy) is 2. The largest absolute Gasteiger partial charge is 0.465 e. The van der Waals surface area contributed by atoms with Gasteiger partial charge in [-0.05, 0) is 50.7 Å². The molecule has 0 N–H and O–H groups in total. The van der Waals surface area contributed by atoms with Crippen molar-refractivity contribution in [1.29, 1.82) is 0 Å². The van der Waals surface area contributed by atoms with Gasteiger partial charge >= 0.3 is 5.97 Å². The molecule has 6 heteroatoms. The highest BCUT2D eigenvalue weighted by molar-refractivity contribution is 9.09. The van der Waals surface area contributed by atoms with Crippen molar-refractivity contribution in [2.24, 2.45) is 11.8 Å². The number of allylic oxidation sites excluding steroid dienone is 3. The van der Waals surface area contributed by atoms with Gasteiger partial charge in [0.2, 0.25) is 0 Å². The molecular weight excluding hydrogens is 400 g/mol. The van der Waals surface area contributed by atoms with Gasteiger partial charge in [0, 0.05) is 20.0 Å². The Balaban J connectivity index is 2.72. The van der Waals surface area contributed by atoms with Crippen LogP contribution in [-0.2, 0) is 23.9 Å². The molecule has 1 aliphatic rings. The van der Waals surface area contributed by atoms with Gasteiger partial charge in [-0.3, -0.25) is 14.4 Å². The highest BCUT2D eigenvalue weighted by Crippen LogP contribution is 2.38. The predicted molar refractivity (Wildman–Crippen MR) is 104 cm³/mol. The molecular formula is C20H29BrO5. The molecule has 0 amide bonds. The van der Waals surface area contributed by atoms with Crippen LogP contribution < -0.4 is 0 Å². The molecule has 0 aromatic carbocycles. The van der Waals surface area contributed by atoms with Crippen molar-refractivity contribution in [3.63, 3.8) is 0 Å². The zero-order chi connectivity index (χ0) is 19.5. The third kappa shape index (κ3) is 7.54. The van der Waals surface area contributed by atoms with E-state index in [1.165, 1.54) is 0 Å². The van der Waals surface area contributed by atoms with E-state index in [9.17, 15) is 14.4 Å². The second-order valence-corrected chi connectivity index (χ2v) is 7.35. The molecule has 1 fully saturated rings. The standard InChI is InChI=1S/C20H29BrO5/c1-14(8-10-26-20(24)13-21)11-16(23)12-18-17(15(2)7-9-22)5-4-6-19(18)25-3/h7,9,11,17-19H,4-6,8,10,12-13H2,1-3H3/b14-11+,15-7+/t17-,18-,19+/m0/s1. The Morgan fingerprint density at radius 2 is 1.96 bits per heavy atom. The van der Waals surface area contributed by atoms with E-state index in [4.69, 9.17) is 9.47 Å². The second-order valence-electron chi connectivity index (χ2n) is 6.79. The van der Waals surface area contributed by atoms with Gasteiger partial charge in [-0.15, -0.1) is 0 Å². The van der Waals surface area contributed by atoms with Crippen LogP contribution in [0.1, 0.15) is 46.0 Å². The van der Waals surface area contributed by atoms with Crippen molar-refractivity contribution in [2.45, 2.75) is 52.1 Å². The van der Waals surface area contributed by atoms with Crippen molar-refractivity contribution in [2.75, 3.05) is 19.0 Å². The van der Waals surface area contributed by atoms with E-state index in [1.54, 1.807) is 19.3 Å². The highest BCUT2D eigenvalue weighted by Gasteiger charge is 2.35. The molecule has 26 heavy (non-hydrogen) atoms. The number of carbonyl (C=O) groups excluding carboxylic acids is 3. The molecule has 146 valence electrons. The van der Waals surface area contributed by atoms with Crippen LogP contribution in [0.5, 0.6) is 0 Å². The quantitative estimate of drug-likeness (QED) is 0.229. The first-order valence-corrected chi connectivity index (χ1v) is 10.1. The zero-order valence-electron chi connectivity index (χ0n) is 15.8. The fourth-order valence-corrected chi connectivity index (χ4v) is 3.75. The van der Waals surface area contributed by atoms with Gasteiger partial charge in [-0.1, -0.05) is 33.5 Å². The fraction of sp³-hybridized carbons (Fsp3) is 0.650. The molecule has 0 aliphatic heterocycles. The topological polar surface area (TPSA) is 69.7 Å². The Labute approximate surface area is 164 Å².